The molecule has 6 heteroatoms. The molecule has 0 saturated heterocycles. The molecule has 0 aliphatic carbocycles. The average molecular weight is 302 g/mol. The summed E-state index contributed by atoms with van der Waals surface area (Å²) in [6.07, 6.45) is 1.35. The molecule has 22 heavy (non-hydrogen) atoms. The van der Waals surface area contributed by atoms with Gasteiger partial charge in [0.1, 0.15) is 5.75 Å². The van der Waals surface area contributed by atoms with Crippen molar-refractivity contribution < 1.29 is 18.7 Å². The number of benzene rings is 2. The van der Waals surface area contributed by atoms with E-state index in [4.69, 9.17) is 9.47 Å². The third-order valence-electron chi connectivity index (χ3n) is 2.91. The van der Waals surface area contributed by atoms with Gasteiger partial charge in [0.05, 0.1) is 20.4 Å². The van der Waals surface area contributed by atoms with Crippen molar-refractivity contribution in [2.45, 2.75) is 0 Å². The lowest BCUT2D eigenvalue weighted by atomic mass is 10.2. The summed E-state index contributed by atoms with van der Waals surface area (Å²) in [6.45, 7) is 0. The van der Waals surface area contributed by atoms with Crippen LogP contribution in [0.2, 0.25) is 0 Å². The minimum atomic E-state index is -0.493. The van der Waals surface area contributed by atoms with E-state index in [9.17, 15) is 9.18 Å². The lowest BCUT2D eigenvalue weighted by molar-refractivity contribution is 0.0955. The van der Waals surface area contributed by atoms with Gasteiger partial charge in [-0.3, -0.25) is 4.79 Å². The number of hydrogen-bond donors (Lipinski definition) is 1. The number of carbonyl (C=O) groups is 1. The quantitative estimate of drug-likeness (QED) is 0.682. The first-order chi connectivity index (χ1) is 10.6. The van der Waals surface area contributed by atoms with Crippen LogP contribution in [-0.4, -0.2) is 26.3 Å². The van der Waals surface area contributed by atoms with E-state index in [-0.39, 0.29) is 11.7 Å². The Morgan fingerprint density at radius 3 is 2.45 bits per heavy atom. The molecule has 0 heterocycles. The molecule has 0 saturated carbocycles. The first-order valence-corrected chi connectivity index (χ1v) is 6.45. The normalized spacial score (nSPS) is 10.5. The number of ether oxygens (including phenoxy) is 2. The highest BCUT2D eigenvalue weighted by Gasteiger charge is 2.04. The molecule has 0 radical (unpaired) electrons. The van der Waals surface area contributed by atoms with E-state index in [0.717, 1.165) is 0 Å². The summed E-state index contributed by atoms with van der Waals surface area (Å²) < 4.78 is 23.3. The molecular weight excluding hydrogens is 287 g/mol. The highest BCUT2D eigenvalue weighted by Crippen LogP contribution is 2.16. The van der Waals surface area contributed by atoms with Gasteiger partial charge in [-0.1, -0.05) is 0 Å². The highest BCUT2D eigenvalue weighted by atomic mass is 19.1. The Morgan fingerprint density at radius 2 is 1.86 bits per heavy atom. The number of hydrogen-bond acceptors (Lipinski definition) is 4. The molecule has 0 spiro atoms. The van der Waals surface area contributed by atoms with Crippen LogP contribution in [0.3, 0.4) is 0 Å². The highest BCUT2D eigenvalue weighted by molar-refractivity contribution is 5.95. The monoisotopic (exact) mass is 302 g/mol. The summed E-state index contributed by atoms with van der Waals surface area (Å²) >= 11 is 0. The predicted octanol–water partition coefficient (Wildman–Crippen LogP) is 2.61. The summed E-state index contributed by atoms with van der Waals surface area (Å²) in [7, 11) is 2.94. The van der Waals surface area contributed by atoms with E-state index >= 15 is 0 Å². The number of halogens is 1. The van der Waals surface area contributed by atoms with Crippen LogP contribution in [0.15, 0.2) is 47.6 Å². The van der Waals surface area contributed by atoms with Crippen LogP contribution in [0.4, 0.5) is 4.39 Å². The first kappa shape index (κ1) is 15.5. The molecule has 0 atom stereocenters. The summed E-state index contributed by atoms with van der Waals surface area (Å²) in [5.74, 6) is -0.0472. The van der Waals surface area contributed by atoms with Gasteiger partial charge in [0, 0.05) is 5.56 Å². The molecular formula is C16H15FN2O3. The lowest BCUT2D eigenvalue weighted by Gasteiger charge is -2.03. The van der Waals surface area contributed by atoms with Crippen molar-refractivity contribution in [2.24, 2.45) is 5.10 Å². The zero-order valence-electron chi connectivity index (χ0n) is 12.2. The summed E-state index contributed by atoms with van der Waals surface area (Å²) in [5, 5.41) is 3.79. The number of carbonyl (C=O) groups excluding carboxylic acids is 1. The smallest absolute Gasteiger partial charge is 0.271 e. The van der Waals surface area contributed by atoms with Crippen molar-refractivity contribution in [3.05, 3.63) is 59.4 Å². The number of nitrogens with zero attached hydrogens (tertiary/aromatic N) is 1. The van der Waals surface area contributed by atoms with Gasteiger partial charge in [-0.15, -0.1) is 0 Å². The standard InChI is InChI=1S/C16H15FN2O3/c1-21-13-6-4-12(5-7-13)16(20)19-18-10-11-3-8-15(22-2)14(17)9-11/h3-10H,1-2H3,(H,19,20)/b18-10-. The first-order valence-electron chi connectivity index (χ1n) is 6.45. The fraction of sp³-hybridized carbons (Fsp3) is 0.125. The van der Waals surface area contributed by atoms with Crippen molar-refractivity contribution in [1.29, 1.82) is 0 Å². The van der Waals surface area contributed by atoms with E-state index in [1.165, 1.54) is 25.5 Å². The second-order valence-electron chi connectivity index (χ2n) is 4.32. The second kappa shape index (κ2) is 7.21. The Bertz CT molecular complexity index is 684. The molecule has 1 amide bonds. The van der Waals surface area contributed by atoms with Gasteiger partial charge < -0.3 is 9.47 Å². The second-order valence-corrected chi connectivity index (χ2v) is 4.32. The molecule has 0 bridgehead atoms. The van der Waals surface area contributed by atoms with Gasteiger partial charge in [-0.05, 0) is 48.0 Å². The maximum Gasteiger partial charge on any atom is 0.271 e. The van der Waals surface area contributed by atoms with Crippen LogP contribution in [0.1, 0.15) is 15.9 Å². The molecule has 2 aromatic carbocycles. The van der Waals surface area contributed by atoms with Crippen LogP contribution in [0.5, 0.6) is 11.5 Å². The van der Waals surface area contributed by atoms with Crippen molar-refractivity contribution in [2.75, 3.05) is 14.2 Å². The van der Waals surface area contributed by atoms with Crippen LogP contribution in [-0.2, 0) is 0 Å². The van der Waals surface area contributed by atoms with Gasteiger partial charge in [0.15, 0.2) is 11.6 Å². The maximum absolute atomic E-state index is 13.5. The number of methoxy groups -OCH3 is 2. The van der Waals surface area contributed by atoms with E-state index in [1.54, 1.807) is 37.4 Å². The number of nitrogens with one attached hydrogen (secondary N) is 1. The molecule has 5 nitrogen and oxygen atoms in total. The minimum absolute atomic E-state index is 0.152. The van der Waals surface area contributed by atoms with Gasteiger partial charge in [-0.2, -0.15) is 5.10 Å². The zero-order chi connectivity index (χ0) is 15.9. The van der Waals surface area contributed by atoms with Crippen molar-refractivity contribution in [1.82, 2.24) is 5.43 Å². The van der Waals surface area contributed by atoms with Crippen LogP contribution in [0.25, 0.3) is 0 Å². The fourth-order valence-electron chi connectivity index (χ4n) is 1.74. The van der Waals surface area contributed by atoms with E-state index < -0.39 is 5.82 Å². The van der Waals surface area contributed by atoms with E-state index in [0.29, 0.717) is 16.9 Å². The molecule has 0 unspecified atom stereocenters. The molecule has 1 N–H and O–H groups in total. The molecule has 2 aromatic rings. The predicted molar refractivity (Wildman–Crippen MR) is 81.0 cm³/mol. The van der Waals surface area contributed by atoms with Crippen molar-refractivity contribution >= 4 is 12.1 Å². The lowest BCUT2D eigenvalue weighted by Crippen LogP contribution is -2.17. The van der Waals surface area contributed by atoms with Crippen LogP contribution in [0, 0.1) is 5.82 Å². The number of rotatable bonds is 5. The zero-order valence-corrected chi connectivity index (χ0v) is 12.2. The van der Waals surface area contributed by atoms with Gasteiger partial charge in [0.25, 0.3) is 5.91 Å². The Kier molecular flexibility index (Phi) is 5.08. The molecule has 0 fully saturated rings. The Morgan fingerprint density at radius 1 is 1.14 bits per heavy atom. The molecule has 0 aliphatic rings. The third-order valence-corrected chi connectivity index (χ3v) is 2.91. The van der Waals surface area contributed by atoms with Gasteiger partial charge >= 0.3 is 0 Å². The average Bonchev–Trinajstić information content (AvgIpc) is 2.55. The van der Waals surface area contributed by atoms with Gasteiger partial charge in [-0.25, -0.2) is 9.82 Å². The Labute approximate surface area is 127 Å². The number of amides is 1. The van der Waals surface area contributed by atoms with Crippen LogP contribution >= 0.6 is 0 Å². The van der Waals surface area contributed by atoms with E-state index in [2.05, 4.69) is 10.5 Å². The summed E-state index contributed by atoms with van der Waals surface area (Å²) in [5.41, 5.74) is 3.32. The topological polar surface area (TPSA) is 59.9 Å². The van der Waals surface area contributed by atoms with Crippen molar-refractivity contribution in [3.63, 3.8) is 0 Å². The maximum atomic E-state index is 13.5. The molecule has 0 aromatic heterocycles. The SMILES string of the molecule is COc1ccc(C(=O)N/N=C\c2ccc(OC)c(F)c2)cc1. The van der Waals surface area contributed by atoms with E-state index in [1.807, 2.05) is 0 Å². The fourth-order valence-corrected chi connectivity index (χ4v) is 1.74. The molecule has 114 valence electrons. The third kappa shape index (κ3) is 3.82. The minimum Gasteiger partial charge on any atom is -0.497 e. The summed E-state index contributed by atoms with van der Waals surface area (Å²) in [4.78, 5) is 11.8. The van der Waals surface area contributed by atoms with Gasteiger partial charge in [0.2, 0.25) is 0 Å². The molecule has 2 rings (SSSR count). The Hall–Kier alpha value is -2.89. The Balaban J connectivity index is 1.99. The molecule has 0 aliphatic heterocycles. The number of hydrazone groups is 1. The van der Waals surface area contributed by atoms with Crippen LogP contribution < -0.4 is 14.9 Å². The van der Waals surface area contributed by atoms with Crippen molar-refractivity contribution in [3.8, 4) is 11.5 Å². The largest absolute Gasteiger partial charge is 0.497 e. The summed E-state index contributed by atoms with van der Waals surface area (Å²) in [6, 6.07) is 11.0.